The van der Waals surface area contributed by atoms with Crippen molar-refractivity contribution in [2.45, 2.75) is 19.3 Å². The van der Waals surface area contributed by atoms with Gasteiger partial charge in [0.2, 0.25) is 0 Å². The van der Waals surface area contributed by atoms with E-state index in [-0.39, 0.29) is 0 Å². The van der Waals surface area contributed by atoms with Crippen LogP contribution in [0.1, 0.15) is 18.4 Å². The molecule has 3 nitrogen and oxygen atoms in total. The number of nitrogens with two attached hydrogens (primary N) is 1. The molecule has 0 radical (unpaired) electrons. The zero-order valence-corrected chi connectivity index (χ0v) is 11.4. The first-order valence-corrected chi connectivity index (χ1v) is 7.02. The molecule has 1 fully saturated rings. The van der Waals surface area contributed by atoms with Gasteiger partial charge in [-0.3, -0.25) is 0 Å². The molecule has 1 aliphatic heterocycles. The zero-order valence-electron chi connectivity index (χ0n) is 11.4. The summed E-state index contributed by atoms with van der Waals surface area (Å²) in [4.78, 5) is 4.92. The third-order valence-electron chi connectivity index (χ3n) is 3.77. The van der Waals surface area contributed by atoms with Crippen LogP contribution in [0.25, 0.3) is 0 Å². The number of benzene rings is 1. The second-order valence-electron chi connectivity index (χ2n) is 5.14. The van der Waals surface area contributed by atoms with Gasteiger partial charge >= 0.3 is 0 Å². The summed E-state index contributed by atoms with van der Waals surface area (Å²) in [6.07, 6.45) is 3.70. The minimum atomic E-state index is 0.719. The van der Waals surface area contributed by atoms with E-state index >= 15 is 0 Å². The van der Waals surface area contributed by atoms with Gasteiger partial charge in [-0.25, -0.2) is 0 Å². The van der Waals surface area contributed by atoms with Crippen LogP contribution in [0.15, 0.2) is 24.3 Å². The van der Waals surface area contributed by atoms with E-state index in [4.69, 9.17) is 5.73 Å². The maximum atomic E-state index is 5.68. The van der Waals surface area contributed by atoms with Crippen molar-refractivity contribution in [2.24, 2.45) is 5.73 Å². The zero-order chi connectivity index (χ0) is 12.8. The number of rotatable bonds is 6. The van der Waals surface area contributed by atoms with Crippen molar-refractivity contribution >= 4 is 5.69 Å². The lowest BCUT2D eigenvalue weighted by Gasteiger charge is -2.25. The maximum absolute atomic E-state index is 5.68. The molecule has 0 amide bonds. The molecule has 0 saturated carbocycles. The fraction of sp³-hybridized carbons (Fsp3) is 0.600. The largest absolute Gasteiger partial charge is 0.373 e. The summed E-state index contributed by atoms with van der Waals surface area (Å²) in [5.41, 5.74) is 8.38. The van der Waals surface area contributed by atoms with Crippen LogP contribution >= 0.6 is 0 Å². The van der Waals surface area contributed by atoms with Crippen LogP contribution in [0.3, 0.4) is 0 Å². The molecular formula is C15H25N3. The van der Waals surface area contributed by atoms with Crippen molar-refractivity contribution in [1.29, 1.82) is 0 Å². The van der Waals surface area contributed by atoms with Gasteiger partial charge in [0.25, 0.3) is 0 Å². The Morgan fingerprint density at radius 1 is 1.22 bits per heavy atom. The van der Waals surface area contributed by atoms with Crippen molar-refractivity contribution in [3.05, 3.63) is 29.8 Å². The Morgan fingerprint density at radius 2 is 1.94 bits per heavy atom. The van der Waals surface area contributed by atoms with Crippen LogP contribution in [0.5, 0.6) is 0 Å². The Labute approximate surface area is 111 Å². The summed E-state index contributed by atoms with van der Waals surface area (Å²) in [5.74, 6) is 0. The van der Waals surface area contributed by atoms with E-state index in [1.807, 2.05) is 0 Å². The third kappa shape index (κ3) is 3.47. The van der Waals surface area contributed by atoms with E-state index in [1.54, 1.807) is 0 Å². The standard InChI is InChI=1S/C15H25N3/c1-17(12-13-18-10-4-5-11-18)15-7-3-2-6-14(15)8-9-16/h2-3,6-7H,4-5,8-13,16H2,1H3. The summed E-state index contributed by atoms with van der Waals surface area (Å²) < 4.78 is 0. The van der Waals surface area contributed by atoms with Gasteiger partial charge in [0.1, 0.15) is 0 Å². The lowest BCUT2D eigenvalue weighted by molar-refractivity contribution is 0.346. The number of hydrogen-bond donors (Lipinski definition) is 1. The Bertz CT molecular complexity index is 359. The van der Waals surface area contributed by atoms with Crippen molar-refractivity contribution in [3.63, 3.8) is 0 Å². The lowest BCUT2D eigenvalue weighted by atomic mass is 10.1. The Balaban J connectivity index is 1.92. The molecule has 0 unspecified atom stereocenters. The Kier molecular flexibility index (Phi) is 5.02. The minimum absolute atomic E-state index is 0.719. The lowest BCUT2D eigenvalue weighted by Crippen LogP contribution is -2.31. The Hall–Kier alpha value is -1.06. The van der Waals surface area contributed by atoms with Crippen molar-refractivity contribution in [2.75, 3.05) is 44.7 Å². The SMILES string of the molecule is CN(CCN1CCCC1)c1ccccc1CCN. The minimum Gasteiger partial charge on any atom is -0.373 e. The van der Waals surface area contributed by atoms with Crippen molar-refractivity contribution in [1.82, 2.24) is 4.90 Å². The number of para-hydroxylation sites is 1. The predicted octanol–water partition coefficient (Wildman–Crippen LogP) is 1.72. The van der Waals surface area contributed by atoms with E-state index in [1.165, 1.54) is 43.7 Å². The number of likely N-dealkylation sites (N-methyl/N-ethyl adjacent to an activating group) is 1. The molecule has 2 N–H and O–H groups in total. The van der Waals surface area contributed by atoms with Gasteiger partial charge in [-0.15, -0.1) is 0 Å². The van der Waals surface area contributed by atoms with E-state index in [0.29, 0.717) is 0 Å². The number of hydrogen-bond acceptors (Lipinski definition) is 3. The summed E-state index contributed by atoms with van der Waals surface area (Å²) >= 11 is 0. The molecule has 1 saturated heterocycles. The second kappa shape index (κ2) is 6.76. The maximum Gasteiger partial charge on any atom is 0.0397 e. The van der Waals surface area contributed by atoms with Crippen LogP contribution in [-0.2, 0) is 6.42 Å². The van der Waals surface area contributed by atoms with Crippen LogP contribution in [0.2, 0.25) is 0 Å². The summed E-state index contributed by atoms with van der Waals surface area (Å²) in [5, 5.41) is 0. The van der Waals surface area contributed by atoms with Gasteiger partial charge in [-0.1, -0.05) is 18.2 Å². The summed E-state index contributed by atoms with van der Waals surface area (Å²) in [7, 11) is 2.19. The molecular weight excluding hydrogens is 222 g/mol. The first kappa shape index (κ1) is 13.4. The normalized spacial score (nSPS) is 16.1. The van der Waals surface area contributed by atoms with Crippen LogP contribution in [-0.4, -0.2) is 44.7 Å². The molecule has 0 spiro atoms. The monoisotopic (exact) mass is 247 g/mol. The molecule has 2 rings (SSSR count). The fourth-order valence-electron chi connectivity index (χ4n) is 2.67. The highest BCUT2D eigenvalue weighted by molar-refractivity contribution is 5.53. The van der Waals surface area contributed by atoms with E-state index in [0.717, 1.165) is 19.5 Å². The van der Waals surface area contributed by atoms with E-state index in [2.05, 4.69) is 41.1 Å². The van der Waals surface area contributed by atoms with Gasteiger partial charge < -0.3 is 15.5 Å². The molecule has 100 valence electrons. The van der Waals surface area contributed by atoms with Crippen LogP contribution in [0, 0.1) is 0 Å². The molecule has 0 atom stereocenters. The average Bonchev–Trinajstić information content (AvgIpc) is 2.90. The summed E-state index contributed by atoms with van der Waals surface area (Å²) in [6, 6.07) is 8.61. The highest BCUT2D eigenvalue weighted by atomic mass is 15.2. The smallest absolute Gasteiger partial charge is 0.0397 e. The highest BCUT2D eigenvalue weighted by Crippen LogP contribution is 2.19. The van der Waals surface area contributed by atoms with Crippen LogP contribution in [0.4, 0.5) is 5.69 Å². The van der Waals surface area contributed by atoms with Gasteiger partial charge in [0.05, 0.1) is 0 Å². The molecule has 1 aromatic rings. The first-order valence-electron chi connectivity index (χ1n) is 7.02. The average molecular weight is 247 g/mol. The number of anilines is 1. The van der Waals surface area contributed by atoms with Gasteiger partial charge in [0.15, 0.2) is 0 Å². The van der Waals surface area contributed by atoms with Gasteiger partial charge in [0, 0.05) is 25.8 Å². The quantitative estimate of drug-likeness (QED) is 0.831. The highest BCUT2D eigenvalue weighted by Gasteiger charge is 2.12. The number of nitrogens with zero attached hydrogens (tertiary/aromatic N) is 2. The van der Waals surface area contributed by atoms with E-state index < -0.39 is 0 Å². The molecule has 3 heteroatoms. The molecule has 1 heterocycles. The van der Waals surface area contributed by atoms with Crippen molar-refractivity contribution in [3.8, 4) is 0 Å². The van der Waals surface area contributed by atoms with Crippen molar-refractivity contribution < 1.29 is 0 Å². The molecule has 0 bridgehead atoms. The topological polar surface area (TPSA) is 32.5 Å². The number of likely N-dealkylation sites (tertiary alicyclic amines) is 1. The second-order valence-corrected chi connectivity index (χ2v) is 5.14. The van der Waals surface area contributed by atoms with Gasteiger partial charge in [-0.05, 0) is 50.5 Å². The fourth-order valence-corrected chi connectivity index (χ4v) is 2.67. The summed E-state index contributed by atoms with van der Waals surface area (Å²) in [6.45, 7) is 5.54. The van der Waals surface area contributed by atoms with Crippen LogP contribution < -0.4 is 10.6 Å². The third-order valence-corrected chi connectivity index (χ3v) is 3.77. The van der Waals surface area contributed by atoms with E-state index in [9.17, 15) is 0 Å². The first-order chi connectivity index (χ1) is 8.81. The molecule has 1 aromatic carbocycles. The van der Waals surface area contributed by atoms with Gasteiger partial charge in [-0.2, -0.15) is 0 Å². The molecule has 1 aliphatic rings. The predicted molar refractivity (Wildman–Crippen MR) is 78.1 cm³/mol. The Morgan fingerprint density at radius 3 is 2.67 bits per heavy atom. The molecule has 0 aliphatic carbocycles. The molecule has 18 heavy (non-hydrogen) atoms. The molecule has 0 aromatic heterocycles.